The highest BCUT2D eigenvalue weighted by Gasteiger charge is 2.07. The first-order chi connectivity index (χ1) is 8.75. The van der Waals surface area contributed by atoms with E-state index in [1.54, 1.807) is 18.3 Å². The van der Waals surface area contributed by atoms with Gasteiger partial charge in [0.05, 0.1) is 0 Å². The zero-order valence-electron chi connectivity index (χ0n) is 9.55. The third-order valence-electron chi connectivity index (χ3n) is 2.92. The minimum absolute atomic E-state index is 0.420. The summed E-state index contributed by atoms with van der Waals surface area (Å²) in [6, 6.07) is 11.2. The summed E-state index contributed by atoms with van der Waals surface area (Å²) < 4.78 is 0. The summed E-state index contributed by atoms with van der Waals surface area (Å²) in [5, 5.41) is 1.03. The molecule has 0 spiro atoms. The molecule has 0 atom stereocenters. The molecule has 2 heterocycles. The molecule has 0 saturated heterocycles. The maximum Gasteiger partial charge on any atom is 0.248 e. The summed E-state index contributed by atoms with van der Waals surface area (Å²) in [7, 11) is 0. The van der Waals surface area contributed by atoms with Gasteiger partial charge >= 0.3 is 0 Å². The van der Waals surface area contributed by atoms with E-state index < -0.39 is 5.91 Å². The summed E-state index contributed by atoms with van der Waals surface area (Å²) in [6.45, 7) is 0. The Kier molecular flexibility index (Phi) is 2.34. The lowest BCUT2D eigenvalue weighted by molar-refractivity contribution is 0.100. The topological polar surface area (TPSA) is 71.8 Å². The Labute approximate surface area is 103 Å². The highest BCUT2D eigenvalue weighted by atomic mass is 16.1. The number of benzene rings is 1. The van der Waals surface area contributed by atoms with Crippen molar-refractivity contribution in [1.82, 2.24) is 9.97 Å². The van der Waals surface area contributed by atoms with Crippen LogP contribution in [0.3, 0.4) is 0 Å². The lowest BCUT2D eigenvalue weighted by atomic mass is 10.0. The van der Waals surface area contributed by atoms with Gasteiger partial charge in [-0.15, -0.1) is 0 Å². The van der Waals surface area contributed by atoms with Crippen molar-refractivity contribution in [3.05, 3.63) is 54.4 Å². The van der Waals surface area contributed by atoms with E-state index in [2.05, 4.69) is 9.97 Å². The van der Waals surface area contributed by atoms with Crippen LogP contribution in [0, 0.1) is 0 Å². The summed E-state index contributed by atoms with van der Waals surface area (Å²) in [5.41, 5.74) is 8.62. The Hall–Kier alpha value is -2.62. The molecular weight excluding hydrogens is 226 g/mol. The Morgan fingerprint density at radius 3 is 2.94 bits per heavy atom. The van der Waals surface area contributed by atoms with Crippen LogP contribution in [0.2, 0.25) is 0 Å². The van der Waals surface area contributed by atoms with E-state index in [1.165, 1.54) is 0 Å². The van der Waals surface area contributed by atoms with Crippen molar-refractivity contribution < 1.29 is 4.79 Å². The van der Waals surface area contributed by atoms with Crippen molar-refractivity contribution in [2.24, 2.45) is 5.73 Å². The van der Waals surface area contributed by atoms with Crippen molar-refractivity contribution in [3.8, 4) is 11.1 Å². The number of nitrogens with zero attached hydrogens (tertiary/aromatic N) is 1. The van der Waals surface area contributed by atoms with Gasteiger partial charge in [-0.25, -0.2) is 4.98 Å². The van der Waals surface area contributed by atoms with Crippen LogP contribution >= 0.6 is 0 Å². The smallest absolute Gasteiger partial charge is 0.248 e. The minimum Gasteiger partial charge on any atom is -0.366 e. The van der Waals surface area contributed by atoms with Crippen molar-refractivity contribution in [2.45, 2.75) is 0 Å². The van der Waals surface area contributed by atoms with Crippen molar-refractivity contribution in [3.63, 3.8) is 0 Å². The van der Waals surface area contributed by atoms with Crippen LogP contribution in [0.5, 0.6) is 0 Å². The van der Waals surface area contributed by atoms with Gasteiger partial charge in [-0.2, -0.15) is 0 Å². The highest BCUT2D eigenvalue weighted by Crippen LogP contribution is 2.27. The Bertz CT molecular complexity index is 730. The van der Waals surface area contributed by atoms with Crippen LogP contribution in [0.1, 0.15) is 10.4 Å². The molecule has 3 rings (SSSR count). The number of fused-ring (bicyclic) bond motifs is 1. The third-order valence-corrected chi connectivity index (χ3v) is 2.92. The van der Waals surface area contributed by atoms with Crippen LogP contribution in [-0.2, 0) is 0 Å². The van der Waals surface area contributed by atoms with Crippen LogP contribution in [0.25, 0.3) is 22.2 Å². The SMILES string of the molecule is NC(=O)c1cccc(-c2ccnc3[nH]ccc23)c1. The fraction of sp³-hybridized carbons (Fsp3) is 0. The lowest BCUT2D eigenvalue weighted by Gasteiger charge is -2.04. The minimum atomic E-state index is -0.420. The molecule has 4 heteroatoms. The number of aromatic nitrogens is 2. The standard InChI is InChI=1S/C14H11N3O/c15-13(18)10-3-1-2-9(8-10)11-4-6-16-14-12(11)5-7-17-14/h1-8H,(H2,15,18)(H,16,17). The van der Waals surface area contributed by atoms with Gasteiger partial charge in [0.1, 0.15) is 5.65 Å². The van der Waals surface area contributed by atoms with E-state index in [-0.39, 0.29) is 0 Å². The molecule has 0 aliphatic rings. The Morgan fingerprint density at radius 1 is 1.22 bits per heavy atom. The van der Waals surface area contributed by atoms with Gasteiger partial charge in [-0.1, -0.05) is 12.1 Å². The molecule has 0 fully saturated rings. The molecule has 1 amide bonds. The van der Waals surface area contributed by atoms with E-state index in [0.717, 1.165) is 22.2 Å². The van der Waals surface area contributed by atoms with Gasteiger partial charge in [0.2, 0.25) is 5.91 Å². The van der Waals surface area contributed by atoms with Crippen LogP contribution in [0.4, 0.5) is 0 Å². The molecule has 0 unspecified atom stereocenters. The van der Waals surface area contributed by atoms with E-state index in [1.807, 2.05) is 30.5 Å². The van der Waals surface area contributed by atoms with Gasteiger partial charge in [-0.3, -0.25) is 4.79 Å². The number of carbonyl (C=O) groups is 1. The molecule has 18 heavy (non-hydrogen) atoms. The molecule has 2 aromatic heterocycles. The zero-order valence-corrected chi connectivity index (χ0v) is 9.55. The summed E-state index contributed by atoms with van der Waals surface area (Å²) in [6.07, 6.45) is 3.59. The van der Waals surface area contributed by atoms with Crippen molar-refractivity contribution >= 4 is 16.9 Å². The van der Waals surface area contributed by atoms with E-state index in [4.69, 9.17) is 5.73 Å². The lowest BCUT2D eigenvalue weighted by Crippen LogP contribution is -2.10. The first-order valence-electron chi connectivity index (χ1n) is 5.58. The number of hydrogen-bond acceptors (Lipinski definition) is 2. The van der Waals surface area contributed by atoms with E-state index in [9.17, 15) is 4.79 Å². The fourth-order valence-corrected chi connectivity index (χ4v) is 2.05. The fourth-order valence-electron chi connectivity index (χ4n) is 2.05. The summed E-state index contributed by atoms with van der Waals surface area (Å²) in [5.74, 6) is -0.420. The van der Waals surface area contributed by atoms with Gasteiger partial charge < -0.3 is 10.7 Å². The molecule has 88 valence electrons. The zero-order chi connectivity index (χ0) is 12.5. The molecule has 3 N–H and O–H groups in total. The predicted octanol–water partition coefficient (Wildman–Crippen LogP) is 2.33. The summed E-state index contributed by atoms with van der Waals surface area (Å²) >= 11 is 0. The maximum absolute atomic E-state index is 11.2. The monoisotopic (exact) mass is 237 g/mol. The number of hydrogen-bond donors (Lipinski definition) is 2. The second kappa shape index (κ2) is 4.00. The van der Waals surface area contributed by atoms with Gasteiger partial charge in [-0.05, 0) is 35.4 Å². The quantitative estimate of drug-likeness (QED) is 0.718. The van der Waals surface area contributed by atoms with Crippen LogP contribution in [0.15, 0.2) is 48.8 Å². The largest absolute Gasteiger partial charge is 0.366 e. The number of H-pyrrole nitrogens is 1. The molecule has 0 aliphatic carbocycles. The Morgan fingerprint density at radius 2 is 2.11 bits per heavy atom. The highest BCUT2D eigenvalue weighted by molar-refractivity contribution is 5.97. The number of amides is 1. The number of nitrogens with two attached hydrogens (primary N) is 1. The maximum atomic E-state index is 11.2. The van der Waals surface area contributed by atoms with E-state index >= 15 is 0 Å². The molecule has 3 aromatic rings. The third kappa shape index (κ3) is 1.64. The first kappa shape index (κ1) is 10.5. The number of pyridine rings is 1. The number of carbonyl (C=O) groups excluding carboxylic acids is 1. The Balaban J connectivity index is 2.23. The predicted molar refractivity (Wildman–Crippen MR) is 70.0 cm³/mol. The molecule has 0 saturated carbocycles. The molecule has 0 radical (unpaired) electrons. The number of aromatic amines is 1. The molecule has 0 bridgehead atoms. The van der Waals surface area contributed by atoms with Gasteiger partial charge in [0, 0.05) is 23.3 Å². The number of nitrogens with one attached hydrogen (secondary N) is 1. The molecule has 1 aromatic carbocycles. The second-order valence-corrected chi connectivity index (χ2v) is 4.04. The average molecular weight is 237 g/mol. The summed E-state index contributed by atoms with van der Waals surface area (Å²) in [4.78, 5) is 18.5. The van der Waals surface area contributed by atoms with Crippen molar-refractivity contribution in [2.75, 3.05) is 0 Å². The number of rotatable bonds is 2. The normalized spacial score (nSPS) is 10.7. The second-order valence-electron chi connectivity index (χ2n) is 4.04. The van der Waals surface area contributed by atoms with Gasteiger partial charge in [0.15, 0.2) is 0 Å². The van der Waals surface area contributed by atoms with Crippen LogP contribution < -0.4 is 5.73 Å². The molecular formula is C14H11N3O. The van der Waals surface area contributed by atoms with E-state index in [0.29, 0.717) is 5.56 Å². The van der Waals surface area contributed by atoms with Gasteiger partial charge in [0.25, 0.3) is 0 Å². The van der Waals surface area contributed by atoms with Crippen molar-refractivity contribution in [1.29, 1.82) is 0 Å². The number of primary amides is 1. The average Bonchev–Trinajstić information content (AvgIpc) is 2.87. The molecule has 0 aliphatic heterocycles. The van der Waals surface area contributed by atoms with Crippen LogP contribution in [-0.4, -0.2) is 15.9 Å². The molecule has 4 nitrogen and oxygen atoms in total. The first-order valence-corrected chi connectivity index (χ1v) is 5.58.